The molecule has 0 unspecified atom stereocenters. The summed E-state index contributed by atoms with van der Waals surface area (Å²) in [6.07, 6.45) is 0. The van der Waals surface area contributed by atoms with Crippen LogP contribution >= 0.6 is 11.6 Å². The highest BCUT2D eigenvalue weighted by atomic mass is 35.5. The van der Waals surface area contributed by atoms with E-state index in [1.165, 1.54) is 13.2 Å². The molecule has 0 saturated carbocycles. The number of carbonyl (C=O) groups is 2. The summed E-state index contributed by atoms with van der Waals surface area (Å²) in [4.78, 5) is 26.4. The first kappa shape index (κ1) is 19.9. The number of halogens is 1. The van der Waals surface area contributed by atoms with E-state index >= 15 is 0 Å². The average Bonchev–Trinajstić information content (AvgIpc) is 2.67. The first-order chi connectivity index (χ1) is 12.5. The lowest BCUT2D eigenvalue weighted by atomic mass is 10.1. The highest BCUT2D eigenvalue weighted by Gasteiger charge is 2.13. The van der Waals surface area contributed by atoms with E-state index in [1.807, 2.05) is 12.1 Å². The summed E-state index contributed by atoms with van der Waals surface area (Å²) < 4.78 is 4.69. The van der Waals surface area contributed by atoms with Gasteiger partial charge in [-0.3, -0.25) is 9.69 Å². The second-order valence-electron chi connectivity index (χ2n) is 5.80. The first-order valence-electron chi connectivity index (χ1n) is 8.49. The van der Waals surface area contributed by atoms with Crippen molar-refractivity contribution in [3.63, 3.8) is 0 Å². The van der Waals surface area contributed by atoms with E-state index in [-0.39, 0.29) is 5.91 Å². The number of benzene rings is 2. The van der Waals surface area contributed by atoms with Crippen LogP contribution in [0.3, 0.4) is 0 Å². The van der Waals surface area contributed by atoms with Gasteiger partial charge in [-0.1, -0.05) is 37.6 Å². The van der Waals surface area contributed by atoms with Crippen molar-refractivity contribution < 1.29 is 14.3 Å². The molecule has 1 N–H and O–H groups in total. The number of esters is 1. The minimum Gasteiger partial charge on any atom is -0.465 e. The third kappa shape index (κ3) is 5.07. The zero-order chi connectivity index (χ0) is 19.1. The van der Waals surface area contributed by atoms with Gasteiger partial charge in [0.1, 0.15) is 0 Å². The number of hydrogen-bond donors (Lipinski definition) is 1. The lowest BCUT2D eigenvalue weighted by Crippen LogP contribution is -2.22. The molecule has 0 atom stereocenters. The molecule has 0 saturated heterocycles. The van der Waals surface area contributed by atoms with Gasteiger partial charge in [0.2, 0.25) is 0 Å². The van der Waals surface area contributed by atoms with E-state index in [4.69, 9.17) is 11.6 Å². The molecule has 0 aliphatic rings. The van der Waals surface area contributed by atoms with Crippen LogP contribution in [-0.2, 0) is 11.3 Å². The molecular weight excluding hydrogens is 352 g/mol. The number of anilines is 1. The molecule has 2 rings (SSSR count). The maximum Gasteiger partial charge on any atom is 0.337 e. The van der Waals surface area contributed by atoms with Crippen LogP contribution in [0.1, 0.15) is 40.1 Å². The van der Waals surface area contributed by atoms with Crippen LogP contribution in [-0.4, -0.2) is 37.0 Å². The summed E-state index contributed by atoms with van der Waals surface area (Å²) in [6.45, 7) is 7.05. The Labute approximate surface area is 158 Å². The molecule has 2 aromatic carbocycles. The predicted octanol–water partition coefficient (Wildman–Crippen LogP) is 4.22. The lowest BCUT2D eigenvalue weighted by molar-refractivity contribution is 0.0600. The molecule has 0 aromatic heterocycles. The van der Waals surface area contributed by atoms with Gasteiger partial charge in [-0.15, -0.1) is 0 Å². The summed E-state index contributed by atoms with van der Waals surface area (Å²) in [5.41, 5.74) is 2.36. The third-order valence-corrected chi connectivity index (χ3v) is 4.48. The lowest BCUT2D eigenvalue weighted by Gasteiger charge is -2.18. The van der Waals surface area contributed by atoms with E-state index in [1.54, 1.807) is 24.3 Å². The number of nitrogens with zero attached hydrogens (tertiary/aromatic N) is 1. The number of rotatable bonds is 7. The van der Waals surface area contributed by atoms with E-state index in [0.717, 1.165) is 25.2 Å². The fourth-order valence-electron chi connectivity index (χ4n) is 2.53. The van der Waals surface area contributed by atoms with Crippen molar-refractivity contribution in [3.8, 4) is 0 Å². The van der Waals surface area contributed by atoms with Crippen LogP contribution in [0.4, 0.5) is 5.69 Å². The Morgan fingerprint density at radius 3 is 2.23 bits per heavy atom. The standard InChI is InChI=1S/C20H23ClN2O3/c1-4-23(5-2)13-14-6-8-15(9-7-14)19(24)22-18-12-16(20(25)26-3)10-11-17(18)21/h6-12H,4-5,13H2,1-3H3,(H,22,24). The van der Waals surface area contributed by atoms with Crippen molar-refractivity contribution in [2.75, 3.05) is 25.5 Å². The Morgan fingerprint density at radius 2 is 1.65 bits per heavy atom. The molecule has 0 radical (unpaired) electrons. The molecule has 0 aliphatic carbocycles. The molecule has 1 amide bonds. The fourth-order valence-corrected chi connectivity index (χ4v) is 2.69. The summed E-state index contributed by atoms with van der Waals surface area (Å²) >= 11 is 6.12. The monoisotopic (exact) mass is 374 g/mol. The Balaban J connectivity index is 2.11. The Hall–Kier alpha value is -2.37. The number of ether oxygens (including phenoxy) is 1. The van der Waals surface area contributed by atoms with Crippen molar-refractivity contribution >= 4 is 29.2 Å². The Morgan fingerprint density at radius 1 is 1.04 bits per heavy atom. The summed E-state index contributed by atoms with van der Waals surface area (Å²) in [7, 11) is 1.30. The van der Waals surface area contributed by atoms with Crippen molar-refractivity contribution in [2.45, 2.75) is 20.4 Å². The molecule has 138 valence electrons. The summed E-state index contributed by atoms with van der Waals surface area (Å²) in [5.74, 6) is -0.777. The molecule has 6 heteroatoms. The quantitative estimate of drug-likeness (QED) is 0.737. The van der Waals surface area contributed by atoms with Gasteiger partial charge in [0, 0.05) is 12.1 Å². The van der Waals surface area contributed by atoms with Crippen LogP contribution in [0.2, 0.25) is 5.02 Å². The number of hydrogen-bond acceptors (Lipinski definition) is 4. The van der Waals surface area contributed by atoms with E-state index in [2.05, 4.69) is 28.8 Å². The van der Waals surface area contributed by atoms with Crippen molar-refractivity contribution in [1.29, 1.82) is 0 Å². The number of methoxy groups -OCH3 is 1. The maximum absolute atomic E-state index is 12.5. The molecular formula is C20H23ClN2O3. The van der Waals surface area contributed by atoms with Gasteiger partial charge in [0.25, 0.3) is 5.91 Å². The van der Waals surface area contributed by atoms with Crippen LogP contribution in [0.25, 0.3) is 0 Å². The van der Waals surface area contributed by atoms with E-state index in [0.29, 0.717) is 21.8 Å². The van der Waals surface area contributed by atoms with Crippen molar-refractivity contribution in [3.05, 3.63) is 64.2 Å². The molecule has 5 nitrogen and oxygen atoms in total. The number of carbonyl (C=O) groups excluding carboxylic acids is 2. The average molecular weight is 375 g/mol. The molecule has 0 spiro atoms. The highest BCUT2D eigenvalue weighted by molar-refractivity contribution is 6.34. The van der Waals surface area contributed by atoms with Crippen molar-refractivity contribution in [2.24, 2.45) is 0 Å². The minimum absolute atomic E-state index is 0.289. The van der Waals surface area contributed by atoms with Gasteiger partial charge in [0.15, 0.2) is 0 Å². The Bertz CT molecular complexity index is 771. The van der Waals surface area contributed by atoms with Crippen LogP contribution in [0.5, 0.6) is 0 Å². The molecule has 0 heterocycles. The van der Waals surface area contributed by atoms with Gasteiger partial charge in [-0.25, -0.2) is 4.79 Å². The fraction of sp³-hybridized carbons (Fsp3) is 0.300. The molecule has 2 aromatic rings. The van der Waals surface area contributed by atoms with Gasteiger partial charge in [-0.2, -0.15) is 0 Å². The van der Waals surface area contributed by atoms with E-state index in [9.17, 15) is 9.59 Å². The summed E-state index contributed by atoms with van der Waals surface area (Å²) in [6, 6.07) is 12.1. The zero-order valence-corrected chi connectivity index (χ0v) is 16.0. The van der Waals surface area contributed by atoms with Gasteiger partial charge in [-0.05, 0) is 49.0 Å². The molecule has 26 heavy (non-hydrogen) atoms. The highest BCUT2D eigenvalue weighted by Crippen LogP contribution is 2.24. The third-order valence-electron chi connectivity index (χ3n) is 4.15. The van der Waals surface area contributed by atoms with Crippen LogP contribution in [0, 0.1) is 0 Å². The predicted molar refractivity (Wildman–Crippen MR) is 104 cm³/mol. The smallest absolute Gasteiger partial charge is 0.337 e. The number of amides is 1. The summed E-state index contributed by atoms with van der Waals surface area (Å²) in [5, 5.41) is 3.09. The SMILES string of the molecule is CCN(CC)Cc1ccc(C(=O)Nc2cc(C(=O)OC)ccc2Cl)cc1. The van der Waals surface area contributed by atoms with Gasteiger partial charge < -0.3 is 10.1 Å². The van der Waals surface area contributed by atoms with Gasteiger partial charge in [0.05, 0.1) is 23.4 Å². The number of nitrogens with one attached hydrogen (secondary N) is 1. The molecule has 0 aliphatic heterocycles. The molecule has 0 bridgehead atoms. The minimum atomic E-state index is -0.488. The van der Waals surface area contributed by atoms with Crippen LogP contribution < -0.4 is 5.32 Å². The van der Waals surface area contributed by atoms with E-state index < -0.39 is 5.97 Å². The second kappa shape index (κ2) is 9.36. The normalized spacial score (nSPS) is 10.7. The Kier molecular flexibility index (Phi) is 7.18. The first-order valence-corrected chi connectivity index (χ1v) is 8.86. The zero-order valence-electron chi connectivity index (χ0n) is 15.2. The van der Waals surface area contributed by atoms with Crippen LogP contribution in [0.15, 0.2) is 42.5 Å². The maximum atomic E-state index is 12.5. The van der Waals surface area contributed by atoms with Crippen molar-refractivity contribution in [1.82, 2.24) is 4.90 Å². The van der Waals surface area contributed by atoms with Gasteiger partial charge >= 0.3 is 5.97 Å². The second-order valence-corrected chi connectivity index (χ2v) is 6.21. The molecule has 0 fully saturated rings. The largest absolute Gasteiger partial charge is 0.465 e. The topological polar surface area (TPSA) is 58.6 Å².